The number of imidazole rings is 1. The highest BCUT2D eigenvalue weighted by atomic mass is 31.2. The highest BCUT2D eigenvalue weighted by Crippen LogP contribution is 2.34. The lowest BCUT2D eigenvalue weighted by atomic mass is 10.1. The van der Waals surface area contributed by atoms with E-state index in [0.29, 0.717) is 0 Å². The number of aliphatic hydroxyl groups excluding tert-OH is 2. The van der Waals surface area contributed by atoms with Gasteiger partial charge >= 0.3 is 0 Å². The van der Waals surface area contributed by atoms with Crippen LogP contribution in [0, 0.1) is 0 Å². The number of nitrogens with two attached hydrogens (primary N) is 1. The van der Waals surface area contributed by atoms with E-state index in [1.54, 1.807) is 0 Å². The van der Waals surface area contributed by atoms with Crippen molar-refractivity contribution in [3.8, 4) is 0 Å². The first kappa shape index (κ1) is 18.6. The molecule has 0 unspecified atom stereocenters. The normalized spacial score (nSPS) is 27.3. The zero-order valence-corrected chi connectivity index (χ0v) is 12.8. The van der Waals surface area contributed by atoms with Gasteiger partial charge in [0.25, 0.3) is 0 Å². The number of fused-ring (bicyclic) bond motifs is 1. The van der Waals surface area contributed by atoms with Crippen LogP contribution >= 0.6 is 7.82 Å². The van der Waals surface area contributed by atoms with E-state index in [1.165, 1.54) is 17.2 Å². The quantitative estimate of drug-likeness (QED) is 0.444. The number of nitrogens with zero attached hydrogens (tertiary/aromatic N) is 4. The summed E-state index contributed by atoms with van der Waals surface area (Å²) in [4.78, 5) is 32.8. The van der Waals surface area contributed by atoms with Crippen LogP contribution in [0.3, 0.4) is 0 Å². The SMILES string of the molecule is Nc1ncnc2c1ncn2[C@@H]1O[C@H](COP(=O)([O-])[O-])[C@@H](O)[C@H]1O.O. The molecule has 3 heterocycles. The number of aromatic nitrogens is 4. The van der Waals surface area contributed by atoms with Crippen LogP contribution in [0.1, 0.15) is 6.23 Å². The zero-order valence-electron chi connectivity index (χ0n) is 11.9. The summed E-state index contributed by atoms with van der Waals surface area (Å²) >= 11 is 0. The molecule has 134 valence electrons. The maximum Gasteiger partial charge on any atom is 0.167 e. The topological polar surface area (TPSA) is 223 Å². The minimum atomic E-state index is -5.22. The van der Waals surface area contributed by atoms with Gasteiger partial charge in [0, 0.05) is 0 Å². The number of anilines is 1. The molecule has 0 amide bonds. The Balaban J connectivity index is 0.00000208. The Morgan fingerprint density at radius 3 is 2.71 bits per heavy atom. The van der Waals surface area contributed by atoms with Crippen molar-refractivity contribution in [1.29, 1.82) is 0 Å². The molecule has 0 saturated carbocycles. The molecule has 0 aromatic carbocycles. The molecule has 13 nitrogen and oxygen atoms in total. The lowest BCUT2D eigenvalue weighted by molar-refractivity contribution is -0.343. The molecule has 1 fully saturated rings. The Hall–Kier alpha value is -1.70. The molecular formula is C10H14N5O8P-2. The second-order valence-electron chi connectivity index (χ2n) is 4.87. The number of aliphatic hydroxyl groups is 2. The first-order chi connectivity index (χ1) is 10.8. The fraction of sp³-hybridized carbons (Fsp3) is 0.500. The Bertz CT molecular complexity index is 765. The van der Waals surface area contributed by atoms with Crippen molar-refractivity contribution in [2.45, 2.75) is 24.5 Å². The molecule has 2 aromatic heterocycles. The molecule has 0 spiro atoms. The van der Waals surface area contributed by atoms with Gasteiger partial charge in [-0.25, -0.2) is 15.0 Å². The van der Waals surface area contributed by atoms with Gasteiger partial charge in [0.2, 0.25) is 0 Å². The van der Waals surface area contributed by atoms with E-state index in [1.807, 2.05) is 0 Å². The lowest BCUT2D eigenvalue weighted by Crippen LogP contribution is -2.34. The minimum absolute atomic E-state index is 0. The zero-order chi connectivity index (χ0) is 16.8. The number of phosphoric ester groups is 1. The summed E-state index contributed by atoms with van der Waals surface area (Å²) in [5.74, 6) is 0.125. The van der Waals surface area contributed by atoms with Gasteiger partial charge in [-0.2, -0.15) is 0 Å². The van der Waals surface area contributed by atoms with Crippen LogP contribution in [0.2, 0.25) is 0 Å². The third kappa shape index (κ3) is 3.38. The summed E-state index contributed by atoms with van der Waals surface area (Å²) < 4.78 is 21.3. The minimum Gasteiger partial charge on any atom is -0.790 e. The van der Waals surface area contributed by atoms with Crippen molar-refractivity contribution in [2.24, 2.45) is 0 Å². The molecule has 0 bridgehead atoms. The molecule has 0 aliphatic carbocycles. The van der Waals surface area contributed by atoms with Crippen LogP contribution in [-0.2, 0) is 13.8 Å². The Kier molecular flexibility index (Phi) is 5.17. The summed E-state index contributed by atoms with van der Waals surface area (Å²) in [6, 6.07) is 0. The van der Waals surface area contributed by atoms with E-state index < -0.39 is 39.0 Å². The number of hydrogen-bond donors (Lipinski definition) is 3. The monoisotopic (exact) mass is 363 g/mol. The average Bonchev–Trinajstić information content (AvgIpc) is 3.01. The van der Waals surface area contributed by atoms with E-state index in [0.717, 1.165) is 0 Å². The molecule has 3 rings (SSSR count). The van der Waals surface area contributed by atoms with Crippen LogP contribution in [0.25, 0.3) is 11.2 Å². The van der Waals surface area contributed by atoms with Crippen molar-refractivity contribution in [1.82, 2.24) is 19.5 Å². The van der Waals surface area contributed by atoms with Gasteiger partial charge < -0.3 is 45.0 Å². The van der Waals surface area contributed by atoms with Crippen LogP contribution in [0.5, 0.6) is 0 Å². The maximum absolute atomic E-state index is 10.5. The maximum atomic E-state index is 10.5. The predicted molar refractivity (Wildman–Crippen MR) is 72.8 cm³/mol. The molecule has 1 saturated heterocycles. The Morgan fingerprint density at radius 1 is 1.33 bits per heavy atom. The highest BCUT2D eigenvalue weighted by Gasteiger charge is 2.44. The van der Waals surface area contributed by atoms with Crippen molar-refractivity contribution < 1.29 is 39.3 Å². The van der Waals surface area contributed by atoms with Crippen LogP contribution in [-0.4, -0.2) is 60.1 Å². The van der Waals surface area contributed by atoms with Crippen molar-refractivity contribution in [3.63, 3.8) is 0 Å². The van der Waals surface area contributed by atoms with E-state index in [4.69, 9.17) is 10.5 Å². The first-order valence-corrected chi connectivity index (χ1v) is 7.85. The largest absolute Gasteiger partial charge is 0.790 e. The summed E-state index contributed by atoms with van der Waals surface area (Å²) in [6.45, 7) is -0.719. The molecule has 2 aromatic rings. The van der Waals surface area contributed by atoms with Crippen molar-refractivity contribution >= 4 is 24.8 Å². The van der Waals surface area contributed by atoms with Gasteiger partial charge in [0.05, 0.1) is 20.8 Å². The molecule has 4 atom stereocenters. The number of hydrogen-bond acceptors (Lipinski definition) is 11. The standard InChI is InChI=1S/C10H14N5O7P.H2O/c11-8-5-9(13-2-12-8)15(3-14-5)10-7(17)6(16)4(22-10)1-21-23(18,19)20;/h2-4,6-7,10,16-17H,1H2,(H2,11,12,13)(H2,18,19,20);1H2/p-2/t4-,6-,7-,10-;/m1./s1. The van der Waals surface area contributed by atoms with Crippen molar-refractivity contribution in [2.75, 3.05) is 12.3 Å². The molecule has 6 N–H and O–H groups in total. The second kappa shape index (κ2) is 6.66. The lowest BCUT2D eigenvalue weighted by Gasteiger charge is -2.30. The van der Waals surface area contributed by atoms with Crippen LogP contribution in [0.15, 0.2) is 12.7 Å². The van der Waals surface area contributed by atoms with E-state index in [9.17, 15) is 24.6 Å². The van der Waals surface area contributed by atoms with Gasteiger partial charge in [-0.15, -0.1) is 0 Å². The van der Waals surface area contributed by atoms with Crippen LogP contribution in [0.4, 0.5) is 5.82 Å². The number of nitrogen functional groups attached to an aromatic ring is 1. The number of ether oxygens (including phenoxy) is 1. The smallest absolute Gasteiger partial charge is 0.167 e. The molecular weight excluding hydrogens is 349 g/mol. The van der Waals surface area contributed by atoms with E-state index in [2.05, 4.69) is 19.5 Å². The summed E-state index contributed by atoms with van der Waals surface area (Å²) in [5.41, 5.74) is 6.19. The molecule has 14 heteroatoms. The van der Waals surface area contributed by atoms with Crippen LogP contribution < -0.4 is 15.5 Å². The summed E-state index contributed by atoms with van der Waals surface area (Å²) in [7, 11) is -5.22. The van der Waals surface area contributed by atoms with E-state index in [-0.39, 0.29) is 22.5 Å². The Morgan fingerprint density at radius 2 is 2.04 bits per heavy atom. The molecule has 0 radical (unpaired) electrons. The summed E-state index contributed by atoms with van der Waals surface area (Å²) in [6.07, 6.45) is -2.75. The average molecular weight is 363 g/mol. The third-order valence-electron chi connectivity index (χ3n) is 3.40. The predicted octanol–water partition coefficient (Wildman–Crippen LogP) is -3.95. The third-order valence-corrected chi connectivity index (χ3v) is 3.86. The molecule has 24 heavy (non-hydrogen) atoms. The van der Waals surface area contributed by atoms with Gasteiger partial charge in [-0.3, -0.25) is 4.57 Å². The van der Waals surface area contributed by atoms with E-state index >= 15 is 0 Å². The van der Waals surface area contributed by atoms with Crippen molar-refractivity contribution in [3.05, 3.63) is 12.7 Å². The van der Waals surface area contributed by atoms with Gasteiger partial charge in [-0.05, 0) is 0 Å². The number of rotatable bonds is 4. The van der Waals surface area contributed by atoms with Gasteiger partial charge in [0.15, 0.2) is 17.7 Å². The van der Waals surface area contributed by atoms with Gasteiger partial charge in [-0.1, -0.05) is 0 Å². The summed E-state index contributed by atoms with van der Waals surface area (Å²) in [5, 5.41) is 20.0. The molecule has 1 aliphatic heterocycles. The number of phosphoric acid groups is 1. The highest BCUT2D eigenvalue weighted by molar-refractivity contribution is 7.43. The second-order valence-corrected chi connectivity index (χ2v) is 6.02. The Labute approximate surface area is 134 Å². The fourth-order valence-corrected chi connectivity index (χ4v) is 2.65. The van der Waals surface area contributed by atoms with Gasteiger partial charge in [0.1, 0.15) is 30.2 Å². The fourth-order valence-electron chi connectivity index (χ4n) is 2.32. The molecule has 1 aliphatic rings. The first-order valence-electron chi connectivity index (χ1n) is 6.39.